The van der Waals surface area contributed by atoms with Crippen LogP contribution in [0.25, 0.3) is 0 Å². The van der Waals surface area contributed by atoms with E-state index in [1.54, 1.807) is 11.8 Å². The van der Waals surface area contributed by atoms with Gasteiger partial charge in [-0.2, -0.15) is 5.10 Å². The number of anilines is 1. The predicted molar refractivity (Wildman–Crippen MR) is 82.9 cm³/mol. The van der Waals surface area contributed by atoms with E-state index in [1.165, 1.54) is 0 Å². The van der Waals surface area contributed by atoms with E-state index >= 15 is 0 Å². The van der Waals surface area contributed by atoms with E-state index in [-0.39, 0.29) is 30.4 Å². The third kappa shape index (κ3) is 3.08. The highest BCUT2D eigenvalue weighted by Gasteiger charge is 2.31. The van der Waals surface area contributed by atoms with E-state index < -0.39 is 12.1 Å². The monoisotopic (exact) mass is 315 g/mol. The second-order valence-corrected chi connectivity index (χ2v) is 5.51. The van der Waals surface area contributed by atoms with Crippen LogP contribution in [0.3, 0.4) is 0 Å². The van der Waals surface area contributed by atoms with Gasteiger partial charge in [0.05, 0.1) is 0 Å². The van der Waals surface area contributed by atoms with Crippen molar-refractivity contribution in [2.45, 2.75) is 32.3 Å². The van der Waals surface area contributed by atoms with Gasteiger partial charge in [-0.05, 0) is 25.0 Å². The number of carbonyl (C=O) groups is 3. The summed E-state index contributed by atoms with van der Waals surface area (Å²) in [5.41, 5.74) is 4.34. The van der Waals surface area contributed by atoms with Gasteiger partial charge in [0.25, 0.3) is 5.91 Å². The maximum absolute atomic E-state index is 12.5. The third-order valence-corrected chi connectivity index (χ3v) is 3.92. The Morgan fingerprint density at radius 3 is 2.78 bits per heavy atom. The number of para-hydroxylation sites is 1. The molecule has 1 aromatic rings. The van der Waals surface area contributed by atoms with Crippen molar-refractivity contribution in [1.29, 1.82) is 0 Å². The van der Waals surface area contributed by atoms with Crippen molar-refractivity contribution in [2.24, 2.45) is 5.10 Å². The molecule has 0 radical (unpaired) electrons. The summed E-state index contributed by atoms with van der Waals surface area (Å²) in [6, 6.07) is 7.68. The number of hydrazone groups is 1. The first kappa shape index (κ1) is 15.2. The van der Waals surface area contributed by atoms with Gasteiger partial charge >= 0.3 is 5.97 Å². The number of nitrogens with zero attached hydrogens (tertiary/aromatic N) is 2. The second kappa shape index (κ2) is 6.20. The lowest BCUT2D eigenvalue weighted by molar-refractivity contribution is -0.147. The molecule has 0 spiro atoms. The van der Waals surface area contributed by atoms with Crippen LogP contribution >= 0.6 is 0 Å². The van der Waals surface area contributed by atoms with Crippen LogP contribution in [-0.4, -0.2) is 36.1 Å². The van der Waals surface area contributed by atoms with Crippen molar-refractivity contribution < 1.29 is 19.1 Å². The molecule has 0 saturated heterocycles. The van der Waals surface area contributed by atoms with E-state index in [0.717, 1.165) is 17.7 Å². The molecule has 2 aliphatic heterocycles. The third-order valence-electron chi connectivity index (χ3n) is 3.92. The van der Waals surface area contributed by atoms with Crippen LogP contribution in [0.5, 0.6) is 0 Å². The molecule has 2 aliphatic rings. The number of benzene rings is 1. The number of ether oxygens (including phenoxy) is 1. The highest BCUT2D eigenvalue weighted by atomic mass is 16.5. The second-order valence-electron chi connectivity index (χ2n) is 5.51. The van der Waals surface area contributed by atoms with Gasteiger partial charge in [0.1, 0.15) is 5.71 Å². The first-order valence-corrected chi connectivity index (χ1v) is 7.52. The smallest absolute Gasteiger partial charge is 0.355 e. The van der Waals surface area contributed by atoms with Crippen LogP contribution < -0.4 is 10.3 Å². The Morgan fingerprint density at radius 1 is 1.26 bits per heavy atom. The van der Waals surface area contributed by atoms with Crippen LogP contribution in [0.4, 0.5) is 5.69 Å². The van der Waals surface area contributed by atoms with Gasteiger partial charge in [0, 0.05) is 25.1 Å². The fourth-order valence-corrected chi connectivity index (χ4v) is 2.69. The molecule has 0 fully saturated rings. The highest BCUT2D eigenvalue weighted by Crippen LogP contribution is 2.28. The fraction of sp³-hybridized carbons (Fsp3) is 0.375. The number of carbonyl (C=O) groups excluding carboxylic acids is 3. The zero-order chi connectivity index (χ0) is 16.4. The van der Waals surface area contributed by atoms with Gasteiger partial charge in [-0.3, -0.25) is 9.59 Å². The van der Waals surface area contributed by atoms with Crippen LogP contribution in [0.15, 0.2) is 29.4 Å². The van der Waals surface area contributed by atoms with Gasteiger partial charge < -0.3 is 9.64 Å². The van der Waals surface area contributed by atoms with E-state index in [9.17, 15) is 14.4 Å². The number of fused-ring (bicyclic) bond motifs is 1. The Morgan fingerprint density at radius 2 is 2.04 bits per heavy atom. The molecule has 3 rings (SSSR count). The standard InChI is InChI=1S/C16H17N3O4/c1-10(23-16(22)12-6-7-14(20)18-17-12)15(21)19-9-8-11-4-2-3-5-13(11)19/h2-5,10H,6-9H2,1H3,(H,18,20)/t10-/m0/s1. The van der Waals surface area contributed by atoms with E-state index in [4.69, 9.17) is 4.74 Å². The summed E-state index contributed by atoms with van der Waals surface area (Å²) in [4.78, 5) is 37.2. The summed E-state index contributed by atoms with van der Waals surface area (Å²) in [5, 5.41) is 3.67. The summed E-state index contributed by atoms with van der Waals surface area (Å²) in [5.74, 6) is -1.17. The molecule has 7 heteroatoms. The van der Waals surface area contributed by atoms with Crippen molar-refractivity contribution in [3.8, 4) is 0 Å². The summed E-state index contributed by atoms with van der Waals surface area (Å²) >= 11 is 0. The molecular formula is C16H17N3O4. The molecule has 0 unspecified atom stereocenters. The molecule has 2 amide bonds. The predicted octanol–water partition coefficient (Wildman–Crippen LogP) is 0.773. The number of hydrogen-bond donors (Lipinski definition) is 1. The first-order valence-electron chi connectivity index (χ1n) is 7.52. The minimum atomic E-state index is -0.908. The summed E-state index contributed by atoms with van der Waals surface area (Å²) in [6.45, 7) is 2.13. The maximum Gasteiger partial charge on any atom is 0.355 e. The summed E-state index contributed by atoms with van der Waals surface area (Å²) < 4.78 is 5.20. The van der Waals surface area contributed by atoms with Gasteiger partial charge in [0.2, 0.25) is 5.91 Å². The van der Waals surface area contributed by atoms with Crippen LogP contribution in [0, 0.1) is 0 Å². The molecule has 1 N–H and O–H groups in total. The average Bonchev–Trinajstić information content (AvgIpc) is 2.98. The van der Waals surface area contributed by atoms with Crippen molar-refractivity contribution in [3.05, 3.63) is 29.8 Å². The Bertz CT molecular complexity index is 698. The van der Waals surface area contributed by atoms with E-state index in [0.29, 0.717) is 6.54 Å². The van der Waals surface area contributed by atoms with E-state index in [2.05, 4.69) is 10.5 Å². The molecule has 0 saturated carbocycles. The maximum atomic E-state index is 12.5. The molecule has 7 nitrogen and oxygen atoms in total. The van der Waals surface area contributed by atoms with Crippen LogP contribution in [-0.2, 0) is 25.5 Å². The molecule has 0 aromatic heterocycles. The molecule has 0 aliphatic carbocycles. The summed E-state index contributed by atoms with van der Waals surface area (Å²) in [7, 11) is 0. The number of hydrogen-bond acceptors (Lipinski definition) is 5. The normalized spacial score (nSPS) is 17.9. The lowest BCUT2D eigenvalue weighted by Gasteiger charge is -2.22. The molecule has 23 heavy (non-hydrogen) atoms. The molecular weight excluding hydrogens is 298 g/mol. The molecule has 120 valence electrons. The quantitative estimate of drug-likeness (QED) is 0.835. The van der Waals surface area contributed by atoms with Crippen LogP contribution in [0.2, 0.25) is 0 Å². The number of nitrogens with one attached hydrogen (secondary N) is 1. The largest absolute Gasteiger partial charge is 0.448 e. The zero-order valence-electron chi connectivity index (χ0n) is 12.7. The zero-order valence-corrected chi connectivity index (χ0v) is 12.7. The Hall–Kier alpha value is -2.70. The Kier molecular flexibility index (Phi) is 4.10. The summed E-state index contributed by atoms with van der Waals surface area (Å²) in [6.07, 6.45) is 0.295. The minimum Gasteiger partial charge on any atom is -0.448 e. The first-order chi connectivity index (χ1) is 11.1. The highest BCUT2D eigenvalue weighted by molar-refractivity contribution is 6.37. The van der Waals surface area contributed by atoms with E-state index in [1.807, 2.05) is 24.3 Å². The average molecular weight is 315 g/mol. The van der Waals surface area contributed by atoms with Crippen molar-refractivity contribution >= 4 is 29.2 Å². The molecule has 2 heterocycles. The van der Waals surface area contributed by atoms with Crippen molar-refractivity contribution in [1.82, 2.24) is 5.43 Å². The molecule has 1 aromatic carbocycles. The van der Waals surface area contributed by atoms with Crippen molar-refractivity contribution in [3.63, 3.8) is 0 Å². The molecule has 1 atom stereocenters. The van der Waals surface area contributed by atoms with Gasteiger partial charge in [0.15, 0.2) is 6.10 Å². The van der Waals surface area contributed by atoms with Crippen molar-refractivity contribution in [2.75, 3.05) is 11.4 Å². The Labute approximate surface area is 133 Å². The topological polar surface area (TPSA) is 88.1 Å². The lowest BCUT2D eigenvalue weighted by atomic mass is 10.2. The van der Waals surface area contributed by atoms with Gasteiger partial charge in [-0.15, -0.1) is 0 Å². The van der Waals surface area contributed by atoms with Crippen LogP contribution in [0.1, 0.15) is 25.3 Å². The lowest BCUT2D eigenvalue weighted by Crippen LogP contribution is -2.41. The SMILES string of the molecule is C[C@H](OC(=O)C1=NNC(=O)CC1)C(=O)N1CCc2ccccc21. The number of rotatable bonds is 3. The Balaban J connectivity index is 1.65. The minimum absolute atomic E-state index is 0.131. The number of amides is 2. The number of esters is 1. The van der Waals surface area contributed by atoms with Gasteiger partial charge in [-0.25, -0.2) is 10.2 Å². The van der Waals surface area contributed by atoms with Gasteiger partial charge in [-0.1, -0.05) is 18.2 Å². The molecule has 0 bridgehead atoms. The fourth-order valence-electron chi connectivity index (χ4n) is 2.69.